The number of anilines is 1. The number of aromatic nitrogens is 2. The van der Waals surface area contributed by atoms with Gasteiger partial charge in [-0.1, -0.05) is 6.92 Å². The van der Waals surface area contributed by atoms with Crippen molar-refractivity contribution in [1.29, 1.82) is 0 Å². The summed E-state index contributed by atoms with van der Waals surface area (Å²) in [5, 5.41) is 0. The molecule has 2 N–H and O–H groups in total. The van der Waals surface area contributed by atoms with Gasteiger partial charge in [-0.2, -0.15) is 0 Å². The van der Waals surface area contributed by atoms with E-state index in [1.807, 2.05) is 26.0 Å². The van der Waals surface area contributed by atoms with Crippen molar-refractivity contribution in [2.45, 2.75) is 20.3 Å². The van der Waals surface area contributed by atoms with Crippen LogP contribution in [0.15, 0.2) is 30.6 Å². The quantitative estimate of drug-likeness (QED) is 0.836. The van der Waals surface area contributed by atoms with Gasteiger partial charge in [-0.15, -0.1) is 0 Å². The van der Waals surface area contributed by atoms with Crippen LogP contribution in [-0.4, -0.2) is 16.6 Å². The summed E-state index contributed by atoms with van der Waals surface area (Å²) in [6.45, 7) is 4.59. The molecule has 5 heteroatoms. The minimum atomic E-state index is 0.453. The predicted octanol–water partition coefficient (Wildman–Crippen LogP) is 2.95. The second-order valence-electron chi connectivity index (χ2n) is 4.17. The minimum Gasteiger partial charge on any atom is -0.477 e. The molecule has 0 fully saturated rings. The SMILES string of the molecule is CCCOc1cc(Oc2ccc(N)cc2C)ncn1. The first kappa shape index (κ1) is 13.1. The van der Waals surface area contributed by atoms with Crippen LogP contribution in [0.3, 0.4) is 0 Å². The van der Waals surface area contributed by atoms with Crippen LogP contribution < -0.4 is 15.2 Å². The summed E-state index contributed by atoms with van der Waals surface area (Å²) in [7, 11) is 0. The molecule has 0 unspecified atom stereocenters. The number of rotatable bonds is 5. The molecule has 0 saturated carbocycles. The zero-order valence-corrected chi connectivity index (χ0v) is 11.1. The maximum Gasteiger partial charge on any atom is 0.226 e. The van der Waals surface area contributed by atoms with Gasteiger partial charge in [0.1, 0.15) is 12.1 Å². The van der Waals surface area contributed by atoms with Crippen molar-refractivity contribution in [3.8, 4) is 17.5 Å². The molecule has 2 aromatic rings. The Morgan fingerprint density at radius 2 is 1.95 bits per heavy atom. The number of hydrogen-bond acceptors (Lipinski definition) is 5. The van der Waals surface area contributed by atoms with E-state index in [1.165, 1.54) is 6.33 Å². The lowest BCUT2D eigenvalue weighted by Gasteiger charge is -2.09. The molecule has 1 aromatic carbocycles. The Hall–Kier alpha value is -2.30. The van der Waals surface area contributed by atoms with E-state index in [1.54, 1.807) is 12.1 Å². The van der Waals surface area contributed by atoms with Gasteiger partial charge in [-0.25, -0.2) is 9.97 Å². The standard InChI is InChI=1S/C14H17N3O2/c1-3-6-18-13-8-14(17-9-16-13)19-12-5-4-11(15)7-10(12)2/h4-5,7-9H,3,6,15H2,1-2H3. The highest BCUT2D eigenvalue weighted by atomic mass is 16.5. The number of nitrogens with two attached hydrogens (primary N) is 1. The number of ether oxygens (including phenoxy) is 2. The Morgan fingerprint density at radius 3 is 2.68 bits per heavy atom. The molecule has 0 radical (unpaired) electrons. The molecule has 19 heavy (non-hydrogen) atoms. The summed E-state index contributed by atoms with van der Waals surface area (Å²) in [4.78, 5) is 8.08. The van der Waals surface area contributed by atoms with E-state index in [0.29, 0.717) is 29.8 Å². The van der Waals surface area contributed by atoms with Gasteiger partial charge in [0.15, 0.2) is 0 Å². The van der Waals surface area contributed by atoms with Crippen LogP contribution in [0.5, 0.6) is 17.5 Å². The van der Waals surface area contributed by atoms with Crippen LogP contribution in [0.4, 0.5) is 5.69 Å². The third-order valence-electron chi connectivity index (χ3n) is 2.48. The fraction of sp³-hybridized carbons (Fsp3) is 0.286. The van der Waals surface area contributed by atoms with Crippen LogP contribution in [0.25, 0.3) is 0 Å². The van der Waals surface area contributed by atoms with Crippen LogP contribution in [0, 0.1) is 6.92 Å². The van der Waals surface area contributed by atoms with Gasteiger partial charge < -0.3 is 15.2 Å². The normalized spacial score (nSPS) is 10.2. The van der Waals surface area contributed by atoms with Gasteiger partial charge in [0.05, 0.1) is 12.7 Å². The fourth-order valence-electron chi connectivity index (χ4n) is 1.56. The van der Waals surface area contributed by atoms with Crippen molar-refractivity contribution in [3.63, 3.8) is 0 Å². The Morgan fingerprint density at radius 1 is 1.16 bits per heavy atom. The maximum atomic E-state index is 5.70. The van der Waals surface area contributed by atoms with Gasteiger partial charge in [0.2, 0.25) is 11.8 Å². The molecule has 0 bridgehead atoms. The van der Waals surface area contributed by atoms with Gasteiger partial charge >= 0.3 is 0 Å². The molecule has 0 atom stereocenters. The average Bonchev–Trinajstić information content (AvgIpc) is 2.40. The molecular weight excluding hydrogens is 242 g/mol. The summed E-state index contributed by atoms with van der Waals surface area (Å²) >= 11 is 0. The summed E-state index contributed by atoms with van der Waals surface area (Å²) in [6, 6.07) is 7.13. The first-order chi connectivity index (χ1) is 9.19. The molecule has 1 heterocycles. The molecule has 0 saturated heterocycles. The predicted molar refractivity (Wildman–Crippen MR) is 73.5 cm³/mol. The lowest BCUT2D eigenvalue weighted by Crippen LogP contribution is -1.99. The molecule has 0 amide bonds. The van der Waals surface area contributed by atoms with E-state index in [-0.39, 0.29) is 0 Å². The number of hydrogen-bond donors (Lipinski definition) is 1. The largest absolute Gasteiger partial charge is 0.477 e. The van der Waals surface area contributed by atoms with E-state index in [0.717, 1.165) is 12.0 Å². The van der Waals surface area contributed by atoms with Gasteiger partial charge in [0, 0.05) is 5.69 Å². The van der Waals surface area contributed by atoms with Crippen molar-refractivity contribution < 1.29 is 9.47 Å². The number of nitrogens with zero attached hydrogens (tertiary/aromatic N) is 2. The summed E-state index contributed by atoms with van der Waals surface area (Å²) in [5.41, 5.74) is 7.36. The zero-order chi connectivity index (χ0) is 13.7. The summed E-state index contributed by atoms with van der Waals surface area (Å²) < 4.78 is 11.1. The molecule has 0 aliphatic carbocycles. The number of nitrogen functional groups attached to an aromatic ring is 1. The van der Waals surface area contributed by atoms with Crippen molar-refractivity contribution in [2.75, 3.05) is 12.3 Å². The molecule has 2 rings (SSSR count). The highest BCUT2D eigenvalue weighted by molar-refractivity contribution is 5.48. The molecule has 5 nitrogen and oxygen atoms in total. The highest BCUT2D eigenvalue weighted by Crippen LogP contribution is 2.26. The van der Waals surface area contributed by atoms with E-state index in [9.17, 15) is 0 Å². The second kappa shape index (κ2) is 6.04. The summed E-state index contributed by atoms with van der Waals surface area (Å²) in [6.07, 6.45) is 2.35. The van der Waals surface area contributed by atoms with E-state index < -0.39 is 0 Å². The van der Waals surface area contributed by atoms with E-state index in [4.69, 9.17) is 15.2 Å². The van der Waals surface area contributed by atoms with Gasteiger partial charge in [-0.3, -0.25) is 0 Å². The Bertz CT molecular complexity index is 558. The third-order valence-corrected chi connectivity index (χ3v) is 2.48. The molecule has 100 valence electrons. The van der Waals surface area contributed by atoms with Crippen molar-refractivity contribution in [1.82, 2.24) is 9.97 Å². The van der Waals surface area contributed by atoms with Crippen molar-refractivity contribution in [3.05, 3.63) is 36.2 Å². The van der Waals surface area contributed by atoms with Gasteiger partial charge in [0.25, 0.3) is 0 Å². The Labute approximate surface area is 112 Å². The van der Waals surface area contributed by atoms with Crippen molar-refractivity contribution in [2.24, 2.45) is 0 Å². The first-order valence-electron chi connectivity index (χ1n) is 6.18. The monoisotopic (exact) mass is 259 g/mol. The first-order valence-corrected chi connectivity index (χ1v) is 6.18. The molecule has 0 aliphatic rings. The maximum absolute atomic E-state index is 5.70. The Kier molecular flexibility index (Phi) is 4.18. The van der Waals surface area contributed by atoms with E-state index in [2.05, 4.69) is 9.97 Å². The second-order valence-corrected chi connectivity index (χ2v) is 4.17. The lowest BCUT2D eigenvalue weighted by atomic mass is 10.2. The number of aryl methyl sites for hydroxylation is 1. The van der Waals surface area contributed by atoms with Crippen LogP contribution >= 0.6 is 0 Å². The summed E-state index contributed by atoms with van der Waals surface area (Å²) in [5.74, 6) is 1.68. The zero-order valence-electron chi connectivity index (χ0n) is 11.1. The highest BCUT2D eigenvalue weighted by Gasteiger charge is 2.05. The van der Waals surface area contributed by atoms with Gasteiger partial charge in [-0.05, 0) is 37.1 Å². The van der Waals surface area contributed by atoms with Crippen LogP contribution in [0.2, 0.25) is 0 Å². The minimum absolute atomic E-state index is 0.453. The molecular formula is C14H17N3O2. The fourth-order valence-corrected chi connectivity index (χ4v) is 1.56. The average molecular weight is 259 g/mol. The lowest BCUT2D eigenvalue weighted by molar-refractivity contribution is 0.302. The topological polar surface area (TPSA) is 70.3 Å². The Balaban J connectivity index is 2.14. The van der Waals surface area contributed by atoms with Crippen molar-refractivity contribution >= 4 is 5.69 Å². The number of benzene rings is 1. The molecule has 0 aliphatic heterocycles. The van der Waals surface area contributed by atoms with Crippen LogP contribution in [-0.2, 0) is 0 Å². The smallest absolute Gasteiger partial charge is 0.226 e. The molecule has 0 spiro atoms. The van der Waals surface area contributed by atoms with E-state index >= 15 is 0 Å². The van der Waals surface area contributed by atoms with Crippen LogP contribution in [0.1, 0.15) is 18.9 Å². The molecule has 1 aromatic heterocycles. The third kappa shape index (κ3) is 3.58.